The Labute approximate surface area is 167 Å². The van der Waals surface area contributed by atoms with Gasteiger partial charge in [0.2, 0.25) is 17.5 Å². The summed E-state index contributed by atoms with van der Waals surface area (Å²) in [6.45, 7) is 1.17. The van der Waals surface area contributed by atoms with Gasteiger partial charge in [0, 0.05) is 30.3 Å². The van der Waals surface area contributed by atoms with Gasteiger partial charge in [-0.3, -0.25) is 4.79 Å². The third kappa shape index (κ3) is 3.85. The van der Waals surface area contributed by atoms with Crippen LogP contribution in [-0.2, 0) is 4.79 Å². The van der Waals surface area contributed by atoms with Crippen molar-refractivity contribution >= 4 is 17.5 Å². The van der Waals surface area contributed by atoms with E-state index in [1.165, 1.54) is 6.26 Å². The normalized spacial score (nSPS) is 14.2. The fraction of sp³-hybridized carbons (Fsp3) is 0.227. The highest BCUT2D eigenvalue weighted by molar-refractivity contribution is 5.92. The number of nitriles is 1. The van der Waals surface area contributed by atoms with E-state index in [0.717, 1.165) is 5.56 Å². The molecule has 1 amide bonds. The van der Waals surface area contributed by atoms with E-state index >= 15 is 0 Å². The monoisotopic (exact) mass is 386 g/mol. The summed E-state index contributed by atoms with van der Waals surface area (Å²) in [6.07, 6.45) is 8.21. The Balaban J connectivity index is 1.41. The van der Waals surface area contributed by atoms with Gasteiger partial charge in [0.15, 0.2) is 5.76 Å². The zero-order chi connectivity index (χ0) is 20.2. The summed E-state index contributed by atoms with van der Waals surface area (Å²) in [6, 6.07) is 12.7. The number of carbonyl (C=O) groups excluding carboxylic acids is 1. The number of anilines is 2. The number of hydrogen-bond donors (Lipinski definition) is 1. The largest absolute Gasteiger partial charge is 0.459 e. The number of hydrogen-bond acceptors (Lipinski definition) is 6. The second-order valence-electron chi connectivity index (χ2n) is 6.74. The number of furan rings is 1. The van der Waals surface area contributed by atoms with Gasteiger partial charge in [-0.05, 0) is 43.2 Å². The minimum Gasteiger partial charge on any atom is -0.459 e. The molecular weight excluding hydrogens is 368 g/mol. The second-order valence-corrected chi connectivity index (χ2v) is 6.74. The van der Waals surface area contributed by atoms with Crippen molar-refractivity contribution in [2.75, 3.05) is 23.3 Å². The maximum Gasteiger partial charge on any atom is 0.266 e. The Bertz CT molecular complexity index is 1090. The summed E-state index contributed by atoms with van der Waals surface area (Å²) >= 11 is 0. The molecule has 7 heteroatoms. The van der Waals surface area contributed by atoms with Gasteiger partial charge in [-0.15, -0.1) is 6.42 Å². The Morgan fingerprint density at radius 2 is 2.10 bits per heavy atom. The summed E-state index contributed by atoms with van der Waals surface area (Å²) in [5, 5.41) is 12.3. The van der Waals surface area contributed by atoms with Crippen molar-refractivity contribution in [1.82, 2.24) is 4.98 Å². The van der Waals surface area contributed by atoms with E-state index in [4.69, 9.17) is 15.3 Å². The van der Waals surface area contributed by atoms with Crippen molar-refractivity contribution < 1.29 is 13.6 Å². The minimum absolute atomic E-state index is 0.0341. The lowest BCUT2D eigenvalue weighted by molar-refractivity contribution is -0.120. The van der Waals surface area contributed by atoms with Crippen molar-refractivity contribution in [3.63, 3.8) is 0 Å². The van der Waals surface area contributed by atoms with Gasteiger partial charge in [0.1, 0.15) is 6.07 Å². The summed E-state index contributed by atoms with van der Waals surface area (Å²) in [5.41, 5.74) is 1.63. The van der Waals surface area contributed by atoms with Crippen LogP contribution in [0.5, 0.6) is 0 Å². The number of amides is 1. The summed E-state index contributed by atoms with van der Waals surface area (Å²) in [7, 11) is 0. The van der Waals surface area contributed by atoms with E-state index in [-0.39, 0.29) is 23.4 Å². The SMILES string of the molecule is C#Cc1cccc(NC(=O)C2CCN(c3oc(-c4ccco4)nc3C#N)CC2)c1. The average Bonchev–Trinajstić information content (AvgIpc) is 3.43. The molecule has 0 aliphatic carbocycles. The van der Waals surface area contributed by atoms with Gasteiger partial charge in [0.05, 0.1) is 6.26 Å². The number of nitrogens with zero attached hydrogens (tertiary/aromatic N) is 3. The van der Waals surface area contributed by atoms with Crippen LogP contribution < -0.4 is 10.2 Å². The lowest BCUT2D eigenvalue weighted by Crippen LogP contribution is -2.38. The van der Waals surface area contributed by atoms with Crippen molar-refractivity contribution in [3.05, 3.63) is 53.9 Å². The van der Waals surface area contributed by atoms with Crippen LogP contribution in [0.4, 0.5) is 11.6 Å². The molecule has 1 saturated heterocycles. The molecule has 0 unspecified atom stereocenters. The van der Waals surface area contributed by atoms with Crippen LogP contribution in [0.1, 0.15) is 24.1 Å². The second kappa shape index (κ2) is 7.95. The first-order chi connectivity index (χ1) is 14.2. The van der Waals surface area contributed by atoms with E-state index in [9.17, 15) is 10.1 Å². The molecule has 1 aliphatic heterocycles. The molecule has 2 aromatic heterocycles. The number of oxazole rings is 1. The predicted octanol–water partition coefficient (Wildman–Crippen LogP) is 3.64. The molecule has 4 rings (SSSR count). The molecule has 29 heavy (non-hydrogen) atoms. The van der Waals surface area contributed by atoms with Gasteiger partial charge in [0.25, 0.3) is 5.89 Å². The van der Waals surface area contributed by atoms with Crippen molar-refractivity contribution in [1.29, 1.82) is 5.26 Å². The van der Waals surface area contributed by atoms with E-state index < -0.39 is 0 Å². The molecule has 0 saturated carbocycles. The zero-order valence-electron chi connectivity index (χ0n) is 15.6. The molecule has 3 heterocycles. The maximum atomic E-state index is 12.6. The molecular formula is C22H18N4O3. The number of carbonyl (C=O) groups is 1. The molecule has 3 aromatic rings. The summed E-state index contributed by atoms with van der Waals surface area (Å²) < 4.78 is 11.1. The van der Waals surface area contributed by atoms with Crippen LogP contribution in [0.3, 0.4) is 0 Å². The van der Waals surface area contributed by atoms with Gasteiger partial charge in [-0.1, -0.05) is 12.0 Å². The predicted molar refractivity (Wildman–Crippen MR) is 107 cm³/mol. The standard InChI is InChI=1S/C22H18N4O3/c1-2-15-5-3-6-17(13-15)24-20(27)16-8-10-26(11-9-16)22-18(14-23)25-21(29-22)19-7-4-12-28-19/h1,3-7,12-13,16H,8-11H2,(H,24,27). The number of benzene rings is 1. The van der Waals surface area contributed by atoms with Crippen LogP contribution >= 0.6 is 0 Å². The molecule has 144 valence electrons. The van der Waals surface area contributed by atoms with Crippen LogP contribution in [0.2, 0.25) is 0 Å². The first-order valence-electron chi connectivity index (χ1n) is 9.25. The third-order valence-electron chi connectivity index (χ3n) is 4.90. The number of piperidine rings is 1. The van der Waals surface area contributed by atoms with Gasteiger partial charge >= 0.3 is 0 Å². The smallest absolute Gasteiger partial charge is 0.266 e. The van der Waals surface area contributed by atoms with E-state index in [1.807, 2.05) is 23.1 Å². The van der Waals surface area contributed by atoms with E-state index in [2.05, 4.69) is 22.3 Å². The van der Waals surface area contributed by atoms with Crippen molar-refractivity contribution in [2.45, 2.75) is 12.8 Å². The fourth-order valence-corrected chi connectivity index (χ4v) is 3.38. The van der Waals surface area contributed by atoms with Gasteiger partial charge in [-0.2, -0.15) is 10.2 Å². The molecule has 0 radical (unpaired) electrons. The van der Waals surface area contributed by atoms with Crippen LogP contribution in [0.25, 0.3) is 11.7 Å². The van der Waals surface area contributed by atoms with Gasteiger partial charge < -0.3 is 19.1 Å². The lowest BCUT2D eigenvalue weighted by Gasteiger charge is -2.30. The molecule has 1 aliphatic rings. The Kier molecular flexibility index (Phi) is 5.05. The Morgan fingerprint density at radius 3 is 2.79 bits per heavy atom. The Hall–Kier alpha value is -3.97. The molecule has 0 spiro atoms. The van der Waals surface area contributed by atoms with Crippen LogP contribution in [-0.4, -0.2) is 24.0 Å². The fourth-order valence-electron chi connectivity index (χ4n) is 3.38. The summed E-state index contributed by atoms with van der Waals surface area (Å²) in [4.78, 5) is 18.8. The topological polar surface area (TPSA) is 95.3 Å². The average molecular weight is 386 g/mol. The molecule has 0 atom stereocenters. The summed E-state index contributed by atoms with van der Waals surface area (Å²) in [5.74, 6) is 3.56. The molecule has 1 aromatic carbocycles. The highest BCUT2D eigenvalue weighted by Crippen LogP contribution is 2.31. The first-order valence-corrected chi connectivity index (χ1v) is 9.25. The Morgan fingerprint density at radius 1 is 1.28 bits per heavy atom. The molecule has 1 fully saturated rings. The zero-order valence-corrected chi connectivity index (χ0v) is 15.6. The number of terminal acetylenes is 1. The van der Waals surface area contributed by atoms with Crippen LogP contribution in [0.15, 0.2) is 51.5 Å². The molecule has 7 nitrogen and oxygen atoms in total. The van der Waals surface area contributed by atoms with Gasteiger partial charge in [-0.25, -0.2) is 0 Å². The van der Waals surface area contributed by atoms with E-state index in [1.54, 1.807) is 18.2 Å². The quantitative estimate of drug-likeness (QED) is 0.688. The minimum atomic E-state index is -0.126. The molecule has 1 N–H and O–H groups in total. The lowest BCUT2D eigenvalue weighted by atomic mass is 9.95. The number of nitrogens with one attached hydrogen (secondary N) is 1. The number of aromatic nitrogens is 1. The van der Waals surface area contributed by atoms with Crippen LogP contribution in [0, 0.1) is 29.6 Å². The maximum absolute atomic E-state index is 12.6. The highest BCUT2D eigenvalue weighted by atomic mass is 16.4. The first kappa shape index (κ1) is 18.4. The number of rotatable bonds is 4. The highest BCUT2D eigenvalue weighted by Gasteiger charge is 2.29. The third-order valence-corrected chi connectivity index (χ3v) is 4.90. The van der Waals surface area contributed by atoms with Crippen molar-refractivity contribution in [2.24, 2.45) is 5.92 Å². The molecule has 0 bridgehead atoms. The van der Waals surface area contributed by atoms with E-state index in [0.29, 0.717) is 43.3 Å². The van der Waals surface area contributed by atoms with Crippen molar-refractivity contribution in [3.8, 4) is 30.1 Å².